The molecular formula is C25H27N5O2. The summed E-state index contributed by atoms with van der Waals surface area (Å²) in [5.41, 5.74) is 3.88. The van der Waals surface area contributed by atoms with Gasteiger partial charge in [-0.25, -0.2) is 15.0 Å². The number of fused-ring (bicyclic) bond motifs is 1. The number of amides is 1. The van der Waals surface area contributed by atoms with Crippen molar-refractivity contribution in [1.82, 2.24) is 24.4 Å². The summed E-state index contributed by atoms with van der Waals surface area (Å²) < 4.78 is 1.82. The van der Waals surface area contributed by atoms with Gasteiger partial charge in [-0.2, -0.15) is 0 Å². The van der Waals surface area contributed by atoms with E-state index in [1.165, 1.54) is 6.33 Å². The fourth-order valence-corrected chi connectivity index (χ4v) is 5.01. The molecule has 7 nitrogen and oxygen atoms in total. The largest absolute Gasteiger partial charge is 0.337 e. The van der Waals surface area contributed by atoms with Crippen molar-refractivity contribution in [2.75, 3.05) is 13.1 Å². The first-order chi connectivity index (χ1) is 15.5. The van der Waals surface area contributed by atoms with Crippen LogP contribution in [0.5, 0.6) is 0 Å². The van der Waals surface area contributed by atoms with Crippen molar-refractivity contribution >= 4 is 5.91 Å². The van der Waals surface area contributed by atoms with E-state index < -0.39 is 0 Å². The second-order valence-corrected chi connectivity index (χ2v) is 9.07. The molecule has 1 aromatic carbocycles. The van der Waals surface area contributed by atoms with Gasteiger partial charge in [-0.05, 0) is 38.5 Å². The molecular weight excluding hydrogens is 402 g/mol. The minimum absolute atomic E-state index is 0.00363. The van der Waals surface area contributed by atoms with E-state index in [1.807, 2.05) is 53.6 Å². The number of aromatic nitrogens is 4. The molecule has 0 N–H and O–H groups in total. The zero-order chi connectivity index (χ0) is 22.3. The van der Waals surface area contributed by atoms with Crippen LogP contribution in [-0.4, -0.2) is 43.4 Å². The normalized spacial score (nSPS) is 20.2. The van der Waals surface area contributed by atoms with Gasteiger partial charge in [0.2, 0.25) is 0 Å². The summed E-state index contributed by atoms with van der Waals surface area (Å²) in [4.78, 5) is 41.3. The molecule has 1 spiro atoms. The molecule has 1 amide bonds. The number of likely N-dealkylation sites (tertiary alicyclic amines) is 1. The Labute approximate surface area is 187 Å². The first-order valence-corrected chi connectivity index (χ1v) is 11.2. The SMILES string of the molecule is Cc1ncnc(C(=O)N2CCC3(CCc4nc(-c5ccccc5)cc(=O)n4CC3)C2)c1C. The first kappa shape index (κ1) is 20.5. The molecule has 0 bridgehead atoms. The van der Waals surface area contributed by atoms with Gasteiger partial charge in [0.05, 0.1) is 5.69 Å². The lowest BCUT2D eigenvalue weighted by molar-refractivity contribution is 0.0760. The monoisotopic (exact) mass is 429 g/mol. The molecule has 2 aliphatic heterocycles. The van der Waals surface area contributed by atoms with E-state index in [1.54, 1.807) is 6.07 Å². The number of carbonyl (C=O) groups is 1. The van der Waals surface area contributed by atoms with Gasteiger partial charge in [-0.3, -0.25) is 14.2 Å². The second-order valence-electron chi connectivity index (χ2n) is 9.07. The molecule has 164 valence electrons. The van der Waals surface area contributed by atoms with Gasteiger partial charge >= 0.3 is 0 Å². The minimum Gasteiger partial charge on any atom is -0.337 e. The van der Waals surface area contributed by atoms with Crippen molar-refractivity contribution < 1.29 is 4.79 Å². The predicted molar refractivity (Wildman–Crippen MR) is 121 cm³/mol. The summed E-state index contributed by atoms with van der Waals surface area (Å²) in [5, 5.41) is 0. The molecule has 1 unspecified atom stereocenters. The summed E-state index contributed by atoms with van der Waals surface area (Å²) in [6.45, 7) is 5.86. The lowest BCUT2D eigenvalue weighted by Gasteiger charge is -2.27. The Kier molecular flexibility index (Phi) is 5.12. The van der Waals surface area contributed by atoms with Crippen LogP contribution in [0.25, 0.3) is 11.3 Å². The lowest BCUT2D eigenvalue weighted by atomic mass is 9.80. The van der Waals surface area contributed by atoms with E-state index in [-0.39, 0.29) is 16.9 Å². The summed E-state index contributed by atoms with van der Waals surface area (Å²) in [6.07, 6.45) is 4.94. The number of benzene rings is 1. The quantitative estimate of drug-likeness (QED) is 0.625. The number of rotatable bonds is 2. The first-order valence-electron chi connectivity index (χ1n) is 11.2. The highest BCUT2D eigenvalue weighted by Crippen LogP contribution is 2.41. The maximum absolute atomic E-state index is 13.2. The third-order valence-electron chi connectivity index (χ3n) is 7.17. The third kappa shape index (κ3) is 3.61. The maximum Gasteiger partial charge on any atom is 0.272 e. The van der Waals surface area contributed by atoms with Crippen LogP contribution >= 0.6 is 0 Å². The number of nitrogens with zero attached hydrogens (tertiary/aromatic N) is 5. The standard InChI is InChI=1S/C25H27N5O2/c1-17-18(2)26-16-27-23(17)24(32)29-12-10-25(15-29)9-8-21-28-20(19-6-4-3-5-7-19)14-22(31)30(21)13-11-25/h3-7,14,16H,8-13,15H2,1-2H3. The molecule has 2 aromatic heterocycles. The van der Waals surface area contributed by atoms with E-state index in [4.69, 9.17) is 4.98 Å². The van der Waals surface area contributed by atoms with E-state index in [2.05, 4.69) is 9.97 Å². The fraction of sp³-hybridized carbons (Fsp3) is 0.400. The summed E-state index contributed by atoms with van der Waals surface area (Å²) in [5.74, 6) is 0.827. The molecule has 1 saturated heterocycles. The van der Waals surface area contributed by atoms with Crippen LogP contribution in [-0.2, 0) is 13.0 Å². The Hall–Kier alpha value is -3.35. The molecule has 0 aliphatic carbocycles. The van der Waals surface area contributed by atoms with Crippen molar-refractivity contribution in [1.29, 1.82) is 0 Å². The van der Waals surface area contributed by atoms with Crippen molar-refractivity contribution in [3.8, 4) is 11.3 Å². The minimum atomic E-state index is -0.0201. The highest BCUT2D eigenvalue weighted by atomic mass is 16.2. The van der Waals surface area contributed by atoms with Gasteiger partial charge in [0.15, 0.2) is 0 Å². The Morgan fingerprint density at radius 1 is 1.03 bits per heavy atom. The molecule has 1 fully saturated rings. The highest BCUT2D eigenvalue weighted by molar-refractivity contribution is 5.94. The Morgan fingerprint density at radius 3 is 2.62 bits per heavy atom. The van der Waals surface area contributed by atoms with Crippen molar-refractivity contribution in [3.63, 3.8) is 0 Å². The van der Waals surface area contributed by atoms with Crippen molar-refractivity contribution in [3.05, 3.63) is 75.9 Å². The van der Waals surface area contributed by atoms with Crippen LogP contribution in [0.2, 0.25) is 0 Å². The van der Waals surface area contributed by atoms with Crippen molar-refractivity contribution in [2.45, 2.75) is 46.1 Å². The summed E-state index contributed by atoms with van der Waals surface area (Å²) in [6, 6.07) is 11.5. The molecule has 5 rings (SSSR count). The second kappa shape index (κ2) is 7.97. The number of aryl methyl sites for hydroxylation is 2. The van der Waals surface area contributed by atoms with Gasteiger partial charge in [-0.15, -0.1) is 0 Å². The molecule has 4 heterocycles. The van der Waals surface area contributed by atoms with Crippen LogP contribution in [0.15, 0.2) is 47.5 Å². The zero-order valence-corrected chi connectivity index (χ0v) is 18.5. The third-order valence-corrected chi connectivity index (χ3v) is 7.17. The lowest BCUT2D eigenvalue weighted by Crippen LogP contribution is -2.33. The van der Waals surface area contributed by atoms with Gasteiger partial charge in [-0.1, -0.05) is 30.3 Å². The van der Waals surface area contributed by atoms with Crippen LogP contribution < -0.4 is 5.56 Å². The zero-order valence-electron chi connectivity index (χ0n) is 18.5. The Balaban J connectivity index is 1.37. The Bertz CT molecular complexity index is 1240. The number of carbonyl (C=O) groups excluding carboxylic acids is 1. The maximum atomic E-state index is 13.2. The van der Waals surface area contributed by atoms with E-state index in [0.717, 1.165) is 60.6 Å². The highest BCUT2D eigenvalue weighted by Gasteiger charge is 2.41. The van der Waals surface area contributed by atoms with Gasteiger partial charge in [0, 0.05) is 48.9 Å². The van der Waals surface area contributed by atoms with Gasteiger partial charge in [0.1, 0.15) is 17.8 Å². The van der Waals surface area contributed by atoms with Crippen LogP contribution in [0.3, 0.4) is 0 Å². The Morgan fingerprint density at radius 2 is 1.81 bits per heavy atom. The van der Waals surface area contributed by atoms with E-state index >= 15 is 0 Å². The summed E-state index contributed by atoms with van der Waals surface area (Å²) in [7, 11) is 0. The molecule has 2 aliphatic rings. The number of hydrogen-bond donors (Lipinski definition) is 0. The molecule has 1 atom stereocenters. The predicted octanol–water partition coefficient (Wildman–Crippen LogP) is 3.19. The molecule has 0 radical (unpaired) electrons. The topological polar surface area (TPSA) is 81.0 Å². The average molecular weight is 430 g/mol. The van der Waals surface area contributed by atoms with Crippen molar-refractivity contribution in [2.24, 2.45) is 5.41 Å². The van der Waals surface area contributed by atoms with Gasteiger partial charge < -0.3 is 4.90 Å². The molecule has 0 saturated carbocycles. The van der Waals surface area contributed by atoms with Crippen LogP contribution in [0.1, 0.15) is 46.8 Å². The van der Waals surface area contributed by atoms with Gasteiger partial charge in [0.25, 0.3) is 11.5 Å². The summed E-state index contributed by atoms with van der Waals surface area (Å²) >= 11 is 0. The molecule has 3 aromatic rings. The number of hydrogen-bond acceptors (Lipinski definition) is 5. The molecule has 7 heteroatoms. The van der Waals surface area contributed by atoms with E-state index in [0.29, 0.717) is 18.8 Å². The van der Waals surface area contributed by atoms with Crippen LogP contribution in [0, 0.1) is 19.3 Å². The average Bonchev–Trinajstić information content (AvgIpc) is 3.14. The van der Waals surface area contributed by atoms with Crippen LogP contribution in [0.4, 0.5) is 0 Å². The molecule has 32 heavy (non-hydrogen) atoms. The fourth-order valence-electron chi connectivity index (χ4n) is 5.01. The van der Waals surface area contributed by atoms with E-state index in [9.17, 15) is 9.59 Å². The smallest absolute Gasteiger partial charge is 0.272 e.